The molecule has 5 heteroatoms. The Hall–Kier alpha value is -0.610. The Morgan fingerprint density at radius 3 is 2.94 bits per heavy atom. The summed E-state index contributed by atoms with van der Waals surface area (Å²) in [5.41, 5.74) is 0. The highest BCUT2D eigenvalue weighted by atomic mass is 35.5. The molecular formula is C13H23ClN4. The second-order valence-corrected chi connectivity index (χ2v) is 5.76. The van der Waals surface area contributed by atoms with Crippen LogP contribution < -0.4 is 5.32 Å². The molecule has 1 aromatic rings. The number of halogens is 1. The SMILES string of the molecule is CC(C)n1ncnc1CNCC1CCCC1CCl. The second-order valence-electron chi connectivity index (χ2n) is 5.45. The van der Waals surface area contributed by atoms with Crippen LogP contribution in [0.15, 0.2) is 6.33 Å². The lowest BCUT2D eigenvalue weighted by Crippen LogP contribution is -2.27. The van der Waals surface area contributed by atoms with Gasteiger partial charge in [-0.1, -0.05) is 6.42 Å². The number of hydrogen-bond donors (Lipinski definition) is 1. The van der Waals surface area contributed by atoms with Gasteiger partial charge in [-0.25, -0.2) is 9.67 Å². The summed E-state index contributed by atoms with van der Waals surface area (Å²) in [7, 11) is 0. The fourth-order valence-corrected chi connectivity index (χ4v) is 3.19. The molecule has 2 atom stereocenters. The molecule has 0 radical (unpaired) electrons. The van der Waals surface area contributed by atoms with Gasteiger partial charge in [-0.15, -0.1) is 11.6 Å². The van der Waals surface area contributed by atoms with Crippen LogP contribution in [0.5, 0.6) is 0 Å². The molecule has 0 amide bonds. The molecule has 1 N–H and O–H groups in total. The molecule has 1 aliphatic rings. The summed E-state index contributed by atoms with van der Waals surface area (Å²) in [4.78, 5) is 4.30. The van der Waals surface area contributed by atoms with E-state index in [0.717, 1.165) is 30.7 Å². The molecule has 0 spiro atoms. The van der Waals surface area contributed by atoms with Crippen LogP contribution in [0.3, 0.4) is 0 Å². The maximum atomic E-state index is 5.99. The minimum absolute atomic E-state index is 0.367. The van der Waals surface area contributed by atoms with Gasteiger partial charge in [0, 0.05) is 11.9 Å². The number of nitrogens with zero attached hydrogens (tertiary/aromatic N) is 3. The molecule has 0 saturated heterocycles. The van der Waals surface area contributed by atoms with E-state index in [4.69, 9.17) is 11.6 Å². The van der Waals surface area contributed by atoms with Crippen molar-refractivity contribution in [1.82, 2.24) is 20.1 Å². The van der Waals surface area contributed by atoms with E-state index in [0.29, 0.717) is 12.0 Å². The van der Waals surface area contributed by atoms with Gasteiger partial charge in [0.2, 0.25) is 0 Å². The molecule has 102 valence electrons. The van der Waals surface area contributed by atoms with E-state index in [1.165, 1.54) is 19.3 Å². The van der Waals surface area contributed by atoms with Crippen molar-refractivity contribution in [1.29, 1.82) is 0 Å². The fraction of sp³-hybridized carbons (Fsp3) is 0.846. The number of hydrogen-bond acceptors (Lipinski definition) is 3. The zero-order valence-electron chi connectivity index (χ0n) is 11.3. The van der Waals surface area contributed by atoms with Gasteiger partial charge in [-0.2, -0.15) is 5.10 Å². The zero-order valence-corrected chi connectivity index (χ0v) is 12.0. The fourth-order valence-electron chi connectivity index (χ4n) is 2.79. The van der Waals surface area contributed by atoms with Crippen LogP contribution in [0.1, 0.15) is 45.0 Å². The van der Waals surface area contributed by atoms with Gasteiger partial charge in [0.15, 0.2) is 0 Å². The highest BCUT2D eigenvalue weighted by Crippen LogP contribution is 2.31. The van der Waals surface area contributed by atoms with Crippen LogP contribution in [0.4, 0.5) is 0 Å². The molecule has 0 aromatic carbocycles. The molecule has 0 bridgehead atoms. The predicted octanol–water partition coefficient (Wildman–Crippen LogP) is 2.60. The van der Waals surface area contributed by atoms with Crippen molar-refractivity contribution in [2.24, 2.45) is 11.8 Å². The molecule has 1 saturated carbocycles. The van der Waals surface area contributed by atoms with Crippen molar-refractivity contribution in [2.45, 2.75) is 45.7 Å². The number of alkyl halides is 1. The van der Waals surface area contributed by atoms with E-state index in [9.17, 15) is 0 Å². The monoisotopic (exact) mass is 270 g/mol. The van der Waals surface area contributed by atoms with E-state index in [1.54, 1.807) is 6.33 Å². The van der Waals surface area contributed by atoms with Crippen LogP contribution in [0.25, 0.3) is 0 Å². The third-order valence-corrected chi connectivity index (χ3v) is 4.24. The summed E-state index contributed by atoms with van der Waals surface area (Å²) in [6, 6.07) is 0.367. The van der Waals surface area contributed by atoms with E-state index in [-0.39, 0.29) is 0 Å². The molecule has 1 aliphatic carbocycles. The standard InChI is InChI=1S/C13H23ClN4/c1-10(2)18-13(16-9-17-18)8-15-7-12-5-3-4-11(12)6-14/h9-12,15H,3-8H2,1-2H3. The largest absolute Gasteiger partial charge is 0.310 e. The van der Waals surface area contributed by atoms with Gasteiger partial charge < -0.3 is 5.32 Å². The number of aromatic nitrogens is 3. The Morgan fingerprint density at radius 1 is 1.44 bits per heavy atom. The van der Waals surface area contributed by atoms with Crippen molar-refractivity contribution in [3.05, 3.63) is 12.2 Å². The highest BCUT2D eigenvalue weighted by molar-refractivity contribution is 6.18. The minimum Gasteiger partial charge on any atom is -0.310 e. The van der Waals surface area contributed by atoms with E-state index in [1.807, 2.05) is 4.68 Å². The van der Waals surface area contributed by atoms with E-state index < -0.39 is 0 Å². The Kier molecular flexibility index (Phi) is 5.01. The Labute approximate surface area is 114 Å². The van der Waals surface area contributed by atoms with E-state index in [2.05, 4.69) is 29.2 Å². The first-order valence-corrected chi connectivity index (χ1v) is 7.41. The minimum atomic E-state index is 0.367. The van der Waals surface area contributed by atoms with Crippen molar-refractivity contribution in [3.63, 3.8) is 0 Å². The van der Waals surface area contributed by atoms with Crippen molar-refractivity contribution in [3.8, 4) is 0 Å². The van der Waals surface area contributed by atoms with Crippen LogP contribution in [0, 0.1) is 11.8 Å². The van der Waals surface area contributed by atoms with Crippen molar-refractivity contribution in [2.75, 3.05) is 12.4 Å². The first-order valence-electron chi connectivity index (χ1n) is 6.87. The number of nitrogens with one attached hydrogen (secondary N) is 1. The smallest absolute Gasteiger partial charge is 0.141 e. The molecular weight excluding hydrogens is 248 g/mol. The lowest BCUT2D eigenvalue weighted by molar-refractivity contribution is 0.388. The third-order valence-electron chi connectivity index (χ3n) is 3.84. The summed E-state index contributed by atoms with van der Waals surface area (Å²) >= 11 is 5.99. The summed E-state index contributed by atoms with van der Waals surface area (Å²) in [5, 5.41) is 7.75. The molecule has 1 aromatic heterocycles. The molecule has 0 aliphatic heterocycles. The van der Waals surface area contributed by atoms with Gasteiger partial charge in [-0.3, -0.25) is 0 Å². The first-order chi connectivity index (χ1) is 8.72. The van der Waals surface area contributed by atoms with Gasteiger partial charge in [0.1, 0.15) is 12.2 Å². The Bertz CT molecular complexity index is 364. The summed E-state index contributed by atoms with van der Waals surface area (Å²) in [6.45, 7) is 6.09. The normalized spacial score (nSPS) is 24.0. The quantitative estimate of drug-likeness (QED) is 0.808. The summed E-state index contributed by atoms with van der Waals surface area (Å²) in [5.74, 6) is 3.25. The molecule has 2 rings (SSSR count). The molecule has 18 heavy (non-hydrogen) atoms. The molecule has 1 heterocycles. The van der Waals surface area contributed by atoms with Crippen LogP contribution in [-0.2, 0) is 6.54 Å². The van der Waals surface area contributed by atoms with Gasteiger partial charge >= 0.3 is 0 Å². The maximum absolute atomic E-state index is 5.99. The van der Waals surface area contributed by atoms with Crippen LogP contribution in [0.2, 0.25) is 0 Å². The van der Waals surface area contributed by atoms with Crippen LogP contribution >= 0.6 is 11.6 Å². The summed E-state index contributed by atoms with van der Waals surface area (Å²) < 4.78 is 1.97. The lowest BCUT2D eigenvalue weighted by Gasteiger charge is -2.18. The molecule has 2 unspecified atom stereocenters. The Morgan fingerprint density at radius 2 is 2.22 bits per heavy atom. The average Bonchev–Trinajstić information content (AvgIpc) is 2.97. The van der Waals surface area contributed by atoms with Gasteiger partial charge in [0.25, 0.3) is 0 Å². The second kappa shape index (κ2) is 6.53. The van der Waals surface area contributed by atoms with Crippen LogP contribution in [-0.4, -0.2) is 27.2 Å². The third kappa shape index (κ3) is 3.23. The zero-order chi connectivity index (χ0) is 13.0. The van der Waals surface area contributed by atoms with Gasteiger partial charge in [-0.05, 0) is 45.1 Å². The molecule has 4 nitrogen and oxygen atoms in total. The predicted molar refractivity (Wildman–Crippen MR) is 73.7 cm³/mol. The summed E-state index contributed by atoms with van der Waals surface area (Å²) in [6.07, 6.45) is 5.55. The van der Waals surface area contributed by atoms with Gasteiger partial charge in [0.05, 0.1) is 6.54 Å². The van der Waals surface area contributed by atoms with Crippen molar-refractivity contribution >= 4 is 11.6 Å². The highest BCUT2D eigenvalue weighted by Gasteiger charge is 2.25. The average molecular weight is 271 g/mol. The van der Waals surface area contributed by atoms with Crippen molar-refractivity contribution < 1.29 is 0 Å². The maximum Gasteiger partial charge on any atom is 0.141 e. The number of rotatable bonds is 6. The van der Waals surface area contributed by atoms with E-state index >= 15 is 0 Å². The Balaban J connectivity index is 1.79. The molecule has 1 fully saturated rings. The topological polar surface area (TPSA) is 42.7 Å². The first kappa shape index (κ1) is 13.8. The lowest BCUT2D eigenvalue weighted by atomic mass is 9.98.